The van der Waals surface area contributed by atoms with E-state index in [9.17, 15) is 19.0 Å². The van der Waals surface area contributed by atoms with Crippen molar-refractivity contribution < 1.29 is 23.7 Å². The van der Waals surface area contributed by atoms with Crippen LogP contribution in [0, 0.1) is 18.6 Å². The van der Waals surface area contributed by atoms with E-state index in [1.807, 2.05) is 13.1 Å². The van der Waals surface area contributed by atoms with Crippen molar-refractivity contribution in [3.8, 4) is 5.75 Å². The van der Waals surface area contributed by atoms with Crippen LogP contribution in [0.15, 0.2) is 18.6 Å². The fourth-order valence-corrected chi connectivity index (χ4v) is 4.75. The van der Waals surface area contributed by atoms with Gasteiger partial charge in [-0.3, -0.25) is 0 Å². The summed E-state index contributed by atoms with van der Waals surface area (Å²) in [6, 6.07) is 0.473. The number of aryl methyl sites for hydroxylation is 1. The minimum absolute atomic E-state index is 0. The molecule has 3 heterocycles. The van der Waals surface area contributed by atoms with Gasteiger partial charge >= 0.3 is 0 Å². The number of nitrogen functional groups attached to an aromatic ring is 1. The van der Waals surface area contributed by atoms with Gasteiger partial charge in [-0.2, -0.15) is 0 Å². The molecule has 1 aromatic carbocycles. The number of rotatable bonds is 3. The van der Waals surface area contributed by atoms with Gasteiger partial charge in [0.1, 0.15) is 41.9 Å². The lowest BCUT2D eigenvalue weighted by Crippen LogP contribution is -2.35. The third-order valence-corrected chi connectivity index (χ3v) is 6.31. The number of aromatic nitrogens is 3. The number of fused-ring (bicyclic) bond motifs is 2. The lowest BCUT2D eigenvalue weighted by molar-refractivity contribution is -0.0167. The second kappa shape index (κ2) is 8.43. The maximum atomic E-state index is 14.2. The number of aliphatic hydroxyl groups is 2. The predicted octanol–water partition coefficient (Wildman–Crippen LogP) is 1.78. The van der Waals surface area contributed by atoms with Crippen LogP contribution in [0.25, 0.3) is 11.0 Å². The number of nitrogens with one attached hydrogen (secondary N) is 1. The topological polar surface area (TPSA) is 118 Å². The monoisotopic (exact) mass is 467 g/mol. The minimum atomic E-state index is -1.22. The molecule has 3 aromatic rings. The Morgan fingerprint density at radius 2 is 2.00 bits per heavy atom. The van der Waals surface area contributed by atoms with Gasteiger partial charge < -0.3 is 30.6 Å². The summed E-state index contributed by atoms with van der Waals surface area (Å²) < 4.78 is 36.1. The Morgan fingerprint density at radius 3 is 2.78 bits per heavy atom. The van der Waals surface area contributed by atoms with Crippen LogP contribution in [-0.4, -0.2) is 49.6 Å². The molecule has 1 saturated carbocycles. The Bertz CT molecular complexity index is 1170. The van der Waals surface area contributed by atoms with Crippen LogP contribution in [0.1, 0.15) is 29.2 Å². The minimum Gasteiger partial charge on any atom is -0.487 e. The summed E-state index contributed by atoms with van der Waals surface area (Å²) in [7, 11) is 0. The van der Waals surface area contributed by atoms with E-state index in [1.165, 1.54) is 6.33 Å². The molecule has 0 radical (unpaired) electrons. The van der Waals surface area contributed by atoms with Gasteiger partial charge in [0.25, 0.3) is 0 Å². The Hall–Kier alpha value is -2.53. The third kappa shape index (κ3) is 3.47. The van der Waals surface area contributed by atoms with E-state index >= 15 is 0 Å². The molecule has 2 aliphatic rings. The molecule has 11 heteroatoms. The summed E-state index contributed by atoms with van der Waals surface area (Å²) in [6.07, 6.45) is 0.577. The van der Waals surface area contributed by atoms with Crippen LogP contribution in [0.5, 0.6) is 5.75 Å². The van der Waals surface area contributed by atoms with Crippen molar-refractivity contribution in [3.05, 3.63) is 46.9 Å². The van der Waals surface area contributed by atoms with Crippen LogP contribution in [-0.2, 0) is 13.0 Å². The van der Waals surface area contributed by atoms with E-state index in [2.05, 4.69) is 15.3 Å². The number of ether oxygens (including phenoxy) is 1. The smallest absolute Gasteiger partial charge is 0.162 e. The van der Waals surface area contributed by atoms with Crippen molar-refractivity contribution in [3.63, 3.8) is 0 Å². The molecule has 0 unspecified atom stereocenters. The van der Waals surface area contributed by atoms with E-state index in [1.54, 1.807) is 4.57 Å². The Labute approximate surface area is 188 Å². The van der Waals surface area contributed by atoms with Crippen molar-refractivity contribution in [2.24, 2.45) is 0 Å². The zero-order valence-electron chi connectivity index (χ0n) is 17.3. The predicted molar refractivity (Wildman–Crippen MR) is 116 cm³/mol. The number of anilines is 1. The molecule has 2 aromatic heterocycles. The maximum Gasteiger partial charge on any atom is 0.162 e. The molecule has 32 heavy (non-hydrogen) atoms. The first kappa shape index (κ1) is 22.7. The highest BCUT2D eigenvalue weighted by molar-refractivity contribution is 5.89. The molecule has 1 aliphatic heterocycles. The summed E-state index contributed by atoms with van der Waals surface area (Å²) in [5.74, 6) is -1.33. The first-order valence-electron chi connectivity index (χ1n) is 10.2. The number of nitrogens with zero attached hydrogens (tertiary/aromatic N) is 3. The van der Waals surface area contributed by atoms with Gasteiger partial charge in [-0.05, 0) is 25.5 Å². The fraction of sp³-hybridized carbons (Fsp3) is 0.429. The van der Waals surface area contributed by atoms with E-state index in [0.717, 1.165) is 11.6 Å². The molecule has 8 nitrogen and oxygen atoms in total. The highest BCUT2D eigenvalue weighted by Gasteiger charge is 2.45. The van der Waals surface area contributed by atoms with Crippen molar-refractivity contribution in [1.82, 2.24) is 19.9 Å². The molecule has 5 rings (SSSR count). The van der Waals surface area contributed by atoms with Crippen LogP contribution >= 0.6 is 12.4 Å². The molecule has 4 atom stereocenters. The average Bonchev–Trinajstić information content (AvgIpc) is 3.24. The molecule has 1 aliphatic carbocycles. The Kier molecular flexibility index (Phi) is 5.97. The number of nitrogens with two attached hydrogens (primary N) is 1. The summed E-state index contributed by atoms with van der Waals surface area (Å²) >= 11 is 0. The number of hydrogen-bond donors (Lipinski definition) is 4. The van der Waals surface area contributed by atoms with E-state index in [-0.39, 0.29) is 30.1 Å². The molecule has 172 valence electrons. The summed E-state index contributed by atoms with van der Waals surface area (Å²) in [5.41, 5.74) is 8.21. The second-order valence-electron chi connectivity index (χ2n) is 8.17. The first-order chi connectivity index (χ1) is 14.9. The summed E-state index contributed by atoms with van der Waals surface area (Å²) in [6.45, 7) is 2.75. The lowest BCUT2D eigenvalue weighted by Gasteiger charge is -2.25. The third-order valence-electron chi connectivity index (χ3n) is 6.31. The van der Waals surface area contributed by atoms with Crippen molar-refractivity contribution in [2.75, 3.05) is 12.3 Å². The average molecular weight is 468 g/mol. The standard InChI is InChI=1S/C21H23F2N5O3.ClH/c1-9-7-28(21-16(9)20(24)26-8-27-21)13-5-15(19(30)18(13)29)31-14-4-12(22)17(23)10-2-3-25-6-11(10)14;/h4,7-8,13,15,18-19,25,29-30H,2-3,5-6H2,1H3,(H2,24,26,27);1H/t13-,15+,18+,19-;/m1./s1. The first-order valence-corrected chi connectivity index (χ1v) is 10.2. The normalized spacial score (nSPS) is 24.9. The van der Waals surface area contributed by atoms with Gasteiger partial charge in [0.2, 0.25) is 0 Å². The quantitative estimate of drug-likeness (QED) is 0.463. The molecule has 0 amide bonds. The SMILES string of the molecule is Cc1cn([C@@H]2C[C@H](Oc3cc(F)c(F)c4c3CNCC4)[C@@H](O)[C@H]2O)c2ncnc(N)c12.Cl. The van der Waals surface area contributed by atoms with Gasteiger partial charge in [0, 0.05) is 36.4 Å². The highest BCUT2D eigenvalue weighted by atomic mass is 35.5. The van der Waals surface area contributed by atoms with E-state index < -0.39 is 36.0 Å². The number of benzene rings is 1. The summed E-state index contributed by atoms with van der Waals surface area (Å²) in [4.78, 5) is 8.31. The van der Waals surface area contributed by atoms with Crippen LogP contribution in [0.3, 0.4) is 0 Å². The van der Waals surface area contributed by atoms with Crippen LogP contribution in [0.2, 0.25) is 0 Å². The zero-order valence-corrected chi connectivity index (χ0v) is 18.1. The second-order valence-corrected chi connectivity index (χ2v) is 8.17. The van der Waals surface area contributed by atoms with Crippen LogP contribution in [0.4, 0.5) is 14.6 Å². The highest BCUT2D eigenvalue weighted by Crippen LogP contribution is 2.39. The molecule has 5 N–H and O–H groups in total. The van der Waals surface area contributed by atoms with Gasteiger partial charge in [-0.15, -0.1) is 12.4 Å². The van der Waals surface area contributed by atoms with Crippen molar-refractivity contribution in [2.45, 2.75) is 50.7 Å². The largest absolute Gasteiger partial charge is 0.487 e. The maximum absolute atomic E-state index is 14.2. The van der Waals surface area contributed by atoms with Gasteiger partial charge in [-0.1, -0.05) is 0 Å². The molecule has 1 fully saturated rings. The van der Waals surface area contributed by atoms with E-state index in [4.69, 9.17) is 10.5 Å². The Balaban J connectivity index is 0.00000245. The number of halogens is 3. The molecule has 0 saturated heterocycles. The summed E-state index contributed by atoms with van der Waals surface area (Å²) in [5, 5.41) is 25.3. The molecular weight excluding hydrogens is 444 g/mol. The molecule has 0 spiro atoms. The molecular formula is C21H24ClF2N5O3. The van der Waals surface area contributed by atoms with Gasteiger partial charge in [0.15, 0.2) is 11.6 Å². The molecule has 0 bridgehead atoms. The van der Waals surface area contributed by atoms with Crippen LogP contribution < -0.4 is 15.8 Å². The Morgan fingerprint density at radius 1 is 1.22 bits per heavy atom. The van der Waals surface area contributed by atoms with Gasteiger partial charge in [0.05, 0.1) is 11.4 Å². The fourth-order valence-electron chi connectivity index (χ4n) is 4.75. The van der Waals surface area contributed by atoms with Crippen molar-refractivity contribution >= 4 is 29.3 Å². The van der Waals surface area contributed by atoms with Crippen molar-refractivity contribution in [1.29, 1.82) is 0 Å². The zero-order chi connectivity index (χ0) is 21.9. The van der Waals surface area contributed by atoms with Gasteiger partial charge in [-0.25, -0.2) is 18.7 Å². The lowest BCUT2D eigenvalue weighted by atomic mass is 9.99. The van der Waals surface area contributed by atoms with E-state index in [0.29, 0.717) is 41.9 Å². The number of aliphatic hydroxyl groups excluding tert-OH is 2. The number of hydrogen-bond acceptors (Lipinski definition) is 7.